The smallest absolute Gasteiger partial charge is 0.220 e. The molecule has 1 saturated carbocycles. The fourth-order valence-corrected chi connectivity index (χ4v) is 3.24. The summed E-state index contributed by atoms with van der Waals surface area (Å²) in [5, 5.41) is 3.24. The van der Waals surface area contributed by atoms with Crippen LogP contribution in [0.25, 0.3) is 0 Å². The first-order valence-corrected chi connectivity index (χ1v) is 8.43. The largest absolute Gasteiger partial charge is 0.353 e. The second kappa shape index (κ2) is 8.66. The molecule has 0 aromatic carbocycles. The fraction of sp³-hybridized carbons (Fsp3) is 0.941. The van der Waals surface area contributed by atoms with Crippen LogP contribution in [0.1, 0.15) is 78.6 Å². The van der Waals surface area contributed by atoms with Gasteiger partial charge < -0.3 is 11.1 Å². The zero-order valence-corrected chi connectivity index (χ0v) is 13.7. The molecule has 20 heavy (non-hydrogen) atoms. The Bertz CT molecular complexity index is 275. The summed E-state index contributed by atoms with van der Waals surface area (Å²) < 4.78 is 0. The Morgan fingerprint density at radius 1 is 1.15 bits per heavy atom. The van der Waals surface area contributed by atoms with E-state index in [0.717, 1.165) is 25.7 Å². The molecule has 1 rings (SSSR count). The summed E-state index contributed by atoms with van der Waals surface area (Å²) in [6, 6.07) is 0.424. The Morgan fingerprint density at radius 2 is 1.75 bits per heavy atom. The molecule has 1 unspecified atom stereocenters. The Hall–Kier alpha value is -0.570. The van der Waals surface area contributed by atoms with E-state index in [9.17, 15) is 4.79 Å². The van der Waals surface area contributed by atoms with Crippen LogP contribution in [0.2, 0.25) is 0 Å². The van der Waals surface area contributed by atoms with Gasteiger partial charge in [-0.1, -0.05) is 46.5 Å². The molecule has 1 amide bonds. The van der Waals surface area contributed by atoms with Gasteiger partial charge in [0, 0.05) is 12.5 Å². The lowest BCUT2D eigenvalue weighted by atomic mass is 9.76. The molecule has 0 spiro atoms. The number of hydrogen-bond acceptors (Lipinski definition) is 2. The molecular weight excluding hydrogens is 248 g/mol. The van der Waals surface area contributed by atoms with E-state index < -0.39 is 0 Å². The normalized spacial score (nSPS) is 19.4. The van der Waals surface area contributed by atoms with E-state index in [4.69, 9.17) is 5.73 Å². The maximum atomic E-state index is 12.1. The zero-order valence-electron chi connectivity index (χ0n) is 13.7. The minimum absolute atomic E-state index is 0.238. The van der Waals surface area contributed by atoms with Gasteiger partial charge in [0.15, 0.2) is 0 Å². The first kappa shape index (κ1) is 17.5. The number of carbonyl (C=O) groups excluding carboxylic acids is 1. The quantitative estimate of drug-likeness (QED) is 0.731. The highest BCUT2D eigenvalue weighted by molar-refractivity contribution is 5.76. The van der Waals surface area contributed by atoms with Crippen molar-refractivity contribution in [2.24, 2.45) is 17.1 Å². The van der Waals surface area contributed by atoms with E-state index in [1.165, 1.54) is 25.7 Å². The predicted octanol–water partition coefficient (Wildman–Crippen LogP) is 3.62. The third-order valence-corrected chi connectivity index (χ3v) is 4.68. The molecule has 1 fully saturated rings. The lowest BCUT2D eigenvalue weighted by molar-refractivity contribution is -0.122. The third kappa shape index (κ3) is 6.74. The van der Waals surface area contributed by atoms with Gasteiger partial charge in [-0.25, -0.2) is 0 Å². The van der Waals surface area contributed by atoms with Crippen molar-refractivity contribution < 1.29 is 4.79 Å². The van der Waals surface area contributed by atoms with Crippen molar-refractivity contribution in [3.63, 3.8) is 0 Å². The molecule has 0 aliphatic heterocycles. The molecule has 0 bridgehead atoms. The topological polar surface area (TPSA) is 55.1 Å². The van der Waals surface area contributed by atoms with E-state index in [-0.39, 0.29) is 11.3 Å². The molecule has 118 valence electrons. The van der Waals surface area contributed by atoms with Gasteiger partial charge in [0.05, 0.1) is 0 Å². The Labute approximate surface area is 125 Å². The lowest BCUT2D eigenvalue weighted by Crippen LogP contribution is -2.35. The van der Waals surface area contributed by atoms with Crippen LogP contribution in [0.4, 0.5) is 0 Å². The van der Waals surface area contributed by atoms with Gasteiger partial charge in [-0.3, -0.25) is 4.79 Å². The molecule has 1 aliphatic rings. The van der Waals surface area contributed by atoms with Crippen molar-refractivity contribution in [3.8, 4) is 0 Å². The molecule has 3 nitrogen and oxygen atoms in total. The number of rotatable bonds is 6. The van der Waals surface area contributed by atoms with Crippen LogP contribution < -0.4 is 11.1 Å². The highest BCUT2D eigenvalue weighted by Crippen LogP contribution is 2.32. The molecular formula is C17H34N2O. The molecule has 0 radical (unpaired) electrons. The van der Waals surface area contributed by atoms with Gasteiger partial charge in [-0.15, -0.1) is 0 Å². The molecule has 3 N–H and O–H groups in total. The van der Waals surface area contributed by atoms with Crippen molar-refractivity contribution in [1.29, 1.82) is 0 Å². The summed E-state index contributed by atoms with van der Waals surface area (Å²) >= 11 is 0. The highest BCUT2D eigenvalue weighted by Gasteiger charge is 2.24. The number of nitrogens with one attached hydrogen (secondary N) is 1. The van der Waals surface area contributed by atoms with Crippen LogP contribution in [0.3, 0.4) is 0 Å². The summed E-state index contributed by atoms with van der Waals surface area (Å²) in [5.74, 6) is 0.774. The zero-order chi connectivity index (χ0) is 15.0. The third-order valence-electron chi connectivity index (χ3n) is 4.68. The standard InChI is InChI=1S/C17H34N2O/c1-17(2,3)14(12-13-18)10-11-16(20)19-15-8-6-4-5-7-9-15/h14-15H,4-13,18H2,1-3H3,(H,19,20). The van der Waals surface area contributed by atoms with Gasteiger partial charge in [-0.05, 0) is 43.6 Å². The predicted molar refractivity (Wildman–Crippen MR) is 85.5 cm³/mol. The maximum Gasteiger partial charge on any atom is 0.220 e. The van der Waals surface area contributed by atoms with Gasteiger partial charge in [-0.2, -0.15) is 0 Å². The summed E-state index contributed by atoms with van der Waals surface area (Å²) in [6.07, 6.45) is 10.1. The minimum Gasteiger partial charge on any atom is -0.353 e. The number of hydrogen-bond donors (Lipinski definition) is 2. The number of nitrogens with two attached hydrogens (primary N) is 1. The first-order chi connectivity index (χ1) is 9.43. The van der Waals surface area contributed by atoms with Crippen LogP contribution in [0, 0.1) is 11.3 Å². The van der Waals surface area contributed by atoms with Gasteiger partial charge >= 0.3 is 0 Å². The summed E-state index contributed by atoms with van der Waals surface area (Å²) in [6.45, 7) is 7.45. The van der Waals surface area contributed by atoms with E-state index >= 15 is 0 Å². The average molecular weight is 282 g/mol. The molecule has 1 atom stereocenters. The minimum atomic E-state index is 0.238. The second-order valence-corrected chi connectivity index (χ2v) is 7.43. The molecule has 0 saturated heterocycles. The average Bonchev–Trinajstić information content (AvgIpc) is 2.61. The Balaban J connectivity index is 2.33. The maximum absolute atomic E-state index is 12.1. The second-order valence-electron chi connectivity index (χ2n) is 7.43. The summed E-state index contributed by atoms with van der Waals surface area (Å²) in [4.78, 5) is 12.1. The van der Waals surface area contributed by atoms with Crippen LogP contribution in [0.15, 0.2) is 0 Å². The van der Waals surface area contributed by atoms with Crippen molar-refractivity contribution >= 4 is 5.91 Å². The molecule has 1 aliphatic carbocycles. The number of amides is 1. The first-order valence-electron chi connectivity index (χ1n) is 8.43. The van der Waals surface area contributed by atoms with Crippen LogP contribution in [-0.4, -0.2) is 18.5 Å². The Morgan fingerprint density at radius 3 is 2.25 bits per heavy atom. The summed E-state index contributed by atoms with van der Waals surface area (Å²) in [5.41, 5.74) is 5.94. The molecule has 0 aromatic heterocycles. The van der Waals surface area contributed by atoms with Crippen molar-refractivity contribution in [3.05, 3.63) is 0 Å². The van der Waals surface area contributed by atoms with E-state index in [1.54, 1.807) is 0 Å². The SMILES string of the molecule is CC(C)(C)C(CCN)CCC(=O)NC1CCCCCC1. The van der Waals surface area contributed by atoms with Crippen LogP contribution in [0.5, 0.6) is 0 Å². The molecule has 0 aromatic rings. The van der Waals surface area contributed by atoms with E-state index in [1.807, 2.05) is 0 Å². The lowest BCUT2D eigenvalue weighted by Gasteiger charge is -2.30. The van der Waals surface area contributed by atoms with E-state index in [2.05, 4.69) is 26.1 Å². The van der Waals surface area contributed by atoms with Gasteiger partial charge in [0.1, 0.15) is 0 Å². The van der Waals surface area contributed by atoms with Crippen molar-refractivity contribution in [2.45, 2.75) is 84.6 Å². The monoisotopic (exact) mass is 282 g/mol. The Kier molecular flexibility index (Phi) is 7.57. The highest BCUT2D eigenvalue weighted by atomic mass is 16.1. The van der Waals surface area contributed by atoms with Gasteiger partial charge in [0.2, 0.25) is 5.91 Å². The molecule has 0 heterocycles. The molecule has 3 heteroatoms. The fourth-order valence-electron chi connectivity index (χ4n) is 3.24. The number of carbonyl (C=O) groups is 1. The van der Waals surface area contributed by atoms with Gasteiger partial charge in [0.25, 0.3) is 0 Å². The van der Waals surface area contributed by atoms with Crippen molar-refractivity contribution in [2.75, 3.05) is 6.54 Å². The van der Waals surface area contributed by atoms with Crippen molar-refractivity contribution in [1.82, 2.24) is 5.32 Å². The van der Waals surface area contributed by atoms with E-state index in [0.29, 0.717) is 24.9 Å². The van der Waals surface area contributed by atoms with Crippen LogP contribution in [-0.2, 0) is 4.79 Å². The summed E-state index contributed by atoms with van der Waals surface area (Å²) in [7, 11) is 0. The van der Waals surface area contributed by atoms with Crippen LogP contribution >= 0.6 is 0 Å².